The van der Waals surface area contributed by atoms with Crippen LogP contribution in [-0.4, -0.2) is 44.4 Å². The summed E-state index contributed by atoms with van der Waals surface area (Å²) in [5.74, 6) is 0.576. The number of aromatic hydroxyl groups is 1. The first-order valence-corrected chi connectivity index (χ1v) is 9.43. The van der Waals surface area contributed by atoms with Crippen molar-refractivity contribution < 1.29 is 14.2 Å². The average Bonchev–Trinajstić information content (AvgIpc) is 2.73. The van der Waals surface area contributed by atoms with Crippen LogP contribution >= 0.6 is 0 Å². The van der Waals surface area contributed by atoms with E-state index in [0.717, 1.165) is 42.9 Å². The summed E-state index contributed by atoms with van der Waals surface area (Å²) in [4.78, 5) is 6.60. The molecule has 0 radical (unpaired) electrons. The molecule has 7 heteroatoms. The van der Waals surface area contributed by atoms with Crippen LogP contribution in [0.5, 0.6) is 11.5 Å². The van der Waals surface area contributed by atoms with Crippen molar-refractivity contribution in [3.63, 3.8) is 0 Å². The Labute approximate surface area is 165 Å². The van der Waals surface area contributed by atoms with Crippen molar-refractivity contribution >= 4 is 11.6 Å². The fourth-order valence-corrected chi connectivity index (χ4v) is 3.44. The van der Waals surface area contributed by atoms with Crippen molar-refractivity contribution in [2.45, 2.75) is 25.4 Å². The van der Waals surface area contributed by atoms with E-state index in [-0.39, 0.29) is 11.8 Å². The van der Waals surface area contributed by atoms with E-state index >= 15 is 0 Å². The molecule has 0 saturated carbocycles. The molecule has 2 aromatic rings. The van der Waals surface area contributed by atoms with Gasteiger partial charge in [-0.25, -0.2) is 4.39 Å². The predicted octanol–water partition coefficient (Wildman–Crippen LogP) is 2.87. The molecular formula is C21H27FN4O2. The summed E-state index contributed by atoms with van der Waals surface area (Å²) in [5, 5.41) is 16.0. The molecule has 0 spiro atoms. The van der Waals surface area contributed by atoms with Crippen LogP contribution in [0, 0.1) is 5.82 Å². The van der Waals surface area contributed by atoms with Gasteiger partial charge in [-0.1, -0.05) is 18.2 Å². The van der Waals surface area contributed by atoms with Gasteiger partial charge in [-0.2, -0.15) is 0 Å². The number of rotatable bonds is 5. The average molecular weight is 386 g/mol. The van der Waals surface area contributed by atoms with E-state index in [0.29, 0.717) is 12.5 Å². The molecule has 0 amide bonds. The molecule has 2 aromatic carbocycles. The Bertz CT molecular complexity index is 828. The minimum Gasteiger partial charge on any atom is -0.505 e. The largest absolute Gasteiger partial charge is 0.505 e. The molecule has 1 unspecified atom stereocenters. The fourth-order valence-electron chi connectivity index (χ4n) is 3.44. The molecule has 0 aromatic heterocycles. The first-order chi connectivity index (χ1) is 13.6. The highest BCUT2D eigenvalue weighted by Crippen LogP contribution is 2.29. The lowest BCUT2D eigenvalue weighted by Crippen LogP contribution is -2.51. The molecule has 1 aliphatic heterocycles. The van der Waals surface area contributed by atoms with Crippen LogP contribution in [0.15, 0.2) is 47.5 Å². The summed E-state index contributed by atoms with van der Waals surface area (Å²) in [7, 11) is 3.41. The summed E-state index contributed by atoms with van der Waals surface area (Å²) in [6.45, 7) is 2.24. The van der Waals surface area contributed by atoms with Gasteiger partial charge < -0.3 is 25.4 Å². The Hall–Kier alpha value is -2.96. The SMILES string of the molecule is CN=C(NCc1ccc(O)c(F)c1)NC1CCCN(c2ccccc2OC)C1. The number of methoxy groups -OCH3 is 1. The summed E-state index contributed by atoms with van der Waals surface area (Å²) < 4.78 is 19.0. The second-order valence-corrected chi connectivity index (χ2v) is 6.81. The Morgan fingerprint density at radius 2 is 2.14 bits per heavy atom. The van der Waals surface area contributed by atoms with Gasteiger partial charge in [-0.05, 0) is 42.7 Å². The van der Waals surface area contributed by atoms with Crippen LogP contribution in [-0.2, 0) is 6.54 Å². The topological polar surface area (TPSA) is 69.1 Å². The number of phenols is 1. The molecular weight excluding hydrogens is 359 g/mol. The number of anilines is 1. The summed E-state index contributed by atoms with van der Waals surface area (Å²) in [5.41, 5.74) is 1.83. The van der Waals surface area contributed by atoms with E-state index < -0.39 is 5.82 Å². The fraction of sp³-hybridized carbons (Fsp3) is 0.381. The molecule has 3 rings (SSSR count). The Morgan fingerprint density at radius 1 is 1.32 bits per heavy atom. The number of aliphatic imine (C=N–C) groups is 1. The number of para-hydroxylation sites is 2. The second-order valence-electron chi connectivity index (χ2n) is 6.81. The molecule has 1 heterocycles. The Morgan fingerprint density at radius 3 is 2.89 bits per heavy atom. The second kappa shape index (κ2) is 9.30. The van der Waals surface area contributed by atoms with Crippen LogP contribution in [0.25, 0.3) is 0 Å². The van der Waals surface area contributed by atoms with Crippen molar-refractivity contribution in [1.29, 1.82) is 0 Å². The number of nitrogens with zero attached hydrogens (tertiary/aromatic N) is 2. The van der Waals surface area contributed by atoms with Crippen molar-refractivity contribution in [3.8, 4) is 11.5 Å². The zero-order valence-corrected chi connectivity index (χ0v) is 16.3. The van der Waals surface area contributed by atoms with Gasteiger partial charge in [0.1, 0.15) is 5.75 Å². The molecule has 1 atom stereocenters. The number of guanidine groups is 1. The number of nitrogens with one attached hydrogen (secondary N) is 2. The van der Waals surface area contributed by atoms with E-state index in [1.54, 1.807) is 20.2 Å². The predicted molar refractivity (Wildman–Crippen MR) is 110 cm³/mol. The molecule has 1 fully saturated rings. The lowest BCUT2D eigenvalue weighted by atomic mass is 10.0. The van der Waals surface area contributed by atoms with E-state index in [2.05, 4.69) is 26.6 Å². The Balaban J connectivity index is 1.59. The summed E-state index contributed by atoms with van der Waals surface area (Å²) >= 11 is 0. The third kappa shape index (κ3) is 4.85. The van der Waals surface area contributed by atoms with Crippen molar-refractivity contribution in [3.05, 3.63) is 53.8 Å². The monoisotopic (exact) mass is 386 g/mol. The normalized spacial score (nSPS) is 17.3. The smallest absolute Gasteiger partial charge is 0.191 e. The maximum Gasteiger partial charge on any atom is 0.191 e. The highest BCUT2D eigenvalue weighted by molar-refractivity contribution is 5.80. The van der Waals surface area contributed by atoms with E-state index in [9.17, 15) is 9.50 Å². The van der Waals surface area contributed by atoms with Crippen molar-refractivity contribution in [1.82, 2.24) is 10.6 Å². The Kier molecular flexibility index (Phi) is 6.57. The highest BCUT2D eigenvalue weighted by Gasteiger charge is 2.22. The lowest BCUT2D eigenvalue weighted by molar-refractivity contribution is 0.408. The van der Waals surface area contributed by atoms with Gasteiger partial charge in [0.05, 0.1) is 12.8 Å². The van der Waals surface area contributed by atoms with Crippen LogP contribution in [0.1, 0.15) is 18.4 Å². The summed E-state index contributed by atoms with van der Waals surface area (Å²) in [6.07, 6.45) is 2.11. The third-order valence-electron chi connectivity index (χ3n) is 4.88. The van der Waals surface area contributed by atoms with Crippen LogP contribution in [0.4, 0.5) is 10.1 Å². The minimum absolute atomic E-state index is 0.237. The molecule has 6 nitrogen and oxygen atoms in total. The zero-order valence-electron chi connectivity index (χ0n) is 16.3. The maximum atomic E-state index is 13.5. The van der Waals surface area contributed by atoms with E-state index in [4.69, 9.17) is 4.74 Å². The molecule has 1 saturated heterocycles. The summed E-state index contributed by atoms with van der Waals surface area (Å²) in [6, 6.07) is 12.6. The molecule has 28 heavy (non-hydrogen) atoms. The quantitative estimate of drug-likeness (QED) is 0.545. The first-order valence-electron chi connectivity index (χ1n) is 9.43. The van der Waals surface area contributed by atoms with Gasteiger partial charge in [0.2, 0.25) is 0 Å². The van der Waals surface area contributed by atoms with E-state index in [1.165, 1.54) is 12.1 Å². The number of halogens is 1. The minimum atomic E-state index is -0.623. The first kappa shape index (κ1) is 19.8. The molecule has 150 valence electrons. The highest BCUT2D eigenvalue weighted by atomic mass is 19.1. The van der Waals surface area contributed by atoms with Gasteiger partial charge in [-0.15, -0.1) is 0 Å². The molecule has 0 bridgehead atoms. The van der Waals surface area contributed by atoms with Crippen molar-refractivity contribution in [2.24, 2.45) is 4.99 Å². The van der Waals surface area contributed by atoms with Crippen LogP contribution in [0.2, 0.25) is 0 Å². The van der Waals surface area contributed by atoms with E-state index in [1.807, 2.05) is 18.2 Å². The third-order valence-corrected chi connectivity index (χ3v) is 4.88. The van der Waals surface area contributed by atoms with Crippen LogP contribution < -0.4 is 20.3 Å². The number of phenolic OH excluding ortho intramolecular Hbond substituents is 1. The maximum absolute atomic E-state index is 13.5. The van der Waals surface area contributed by atoms with Gasteiger partial charge in [0.15, 0.2) is 17.5 Å². The number of piperidine rings is 1. The van der Waals surface area contributed by atoms with Crippen molar-refractivity contribution in [2.75, 3.05) is 32.1 Å². The van der Waals surface area contributed by atoms with Gasteiger partial charge in [-0.3, -0.25) is 4.99 Å². The lowest BCUT2D eigenvalue weighted by Gasteiger charge is -2.36. The van der Waals surface area contributed by atoms with Crippen LogP contribution in [0.3, 0.4) is 0 Å². The van der Waals surface area contributed by atoms with Gasteiger partial charge in [0.25, 0.3) is 0 Å². The van der Waals surface area contributed by atoms with Gasteiger partial charge in [0, 0.05) is 32.7 Å². The number of hydrogen-bond donors (Lipinski definition) is 3. The van der Waals surface area contributed by atoms with Gasteiger partial charge >= 0.3 is 0 Å². The zero-order chi connectivity index (χ0) is 19.9. The number of hydrogen-bond acceptors (Lipinski definition) is 4. The molecule has 3 N–H and O–H groups in total. The number of ether oxygens (including phenoxy) is 1. The molecule has 0 aliphatic carbocycles. The standard InChI is InChI=1S/C21H27FN4O2/c1-23-21(24-13-15-9-10-19(27)17(22)12-15)25-16-6-5-11-26(14-16)18-7-3-4-8-20(18)28-2/h3-4,7-10,12,16,27H,5-6,11,13-14H2,1-2H3,(H2,23,24,25). The molecule has 1 aliphatic rings. The number of benzene rings is 2.